The SMILES string of the molecule is CO[C@H]1C=C2[C@H](CC[C@H]([C@@H]3O[C@H](CO)[C@@H](O)[C@@H](O)[C@H]3O)C2(C)C)[C@@H]2CC[C@H]3[C@@H]([C@H](C)C/C=C/C(C)(C)OC)CC[C@]3(C)[C@@]12C. The number of hydrogen-bond donors (Lipinski definition) is 4. The summed E-state index contributed by atoms with van der Waals surface area (Å²) in [5.74, 6) is 2.89. The van der Waals surface area contributed by atoms with Crippen LogP contribution in [0, 0.1) is 51.8 Å². The average molecular weight is 619 g/mol. The Balaban J connectivity index is 1.42. The van der Waals surface area contributed by atoms with Gasteiger partial charge in [-0.25, -0.2) is 0 Å². The Morgan fingerprint density at radius 3 is 2.25 bits per heavy atom. The zero-order valence-electron chi connectivity index (χ0n) is 28.8. The lowest BCUT2D eigenvalue weighted by atomic mass is 9.40. The number of allylic oxidation sites excluding steroid dienone is 2. The maximum Gasteiger partial charge on any atom is 0.111 e. The summed E-state index contributed by atoms with van der Waals surface area (Å²) in [4.78, 5) is 0. The summed E-state index contributed by atoms with van der Waals surface area (Å²) in [6.45, 7) is 15.9. The molecule has 0 bridgehead atoms. The van der Waals surface area contributed by atoms with Gasteiger partial charge in [-0.3, -0.25) is 0 Å². The number of ether oxygens (including phenoxy) is 3. The van der Waals surface area contributed by atoms with Crippen molar-refractivity contribution in [1.29, 1.82) is 0 Å². The maximum atomic E-state index is 11.1. The molecule has 4 N–H and O–H groups in total. The first kappa shape index (κ1) is 34.5. The minimum absolute atomic E-state index is 0.00386. The Morgan fingerprint density at radius 2 is 1.61 bits per heavy atom. The van der Waals surface area contributed by atoms with Gasteiger partial charge in [-0.1, -0.05) is 58.4 Å². The van der Waals surface area contributed by atoms with Gasteiger partial charge in [0.1, 0.15) is 24.4 Å². The van der Waals surface area contributed by atoms with Gasteiger partial charge in [0.15, 0.2) is 0 Å². The van der Waals surface area contributed by atoms with E-state index in [0.29, 0.717) is 29.6 Å². The van der Waals surface area contributed by atoms with Gasteiger partial charge in [-0.2, -0.15) is 0 Å². The molecule has 5 aliphatic rings. The fraction of sp³-hybridized carbons (Fsp3) is 0.892. The molecule has 0 amide bonds. The van der Waals surface area contributed by atoms with E-state index >= 15 is 0 Å². The van der Waals surface area contributed by atoms with Crippen molar-refractivity contribution in [1.82, 2.24) is 0 Å². The van der Waals surface area contributed by atoms with Crippen LogP contribution in [-0.4, -0.2) is 83.5 Å². The Bertz CT molecular complexity index is 1080. The van der Waals surface area contributed by atoms with Gasteiger partial charge >= 0.3 is 0 Å². The first-order chi connectivity index (χ1) is 20.6. The van der Waals surface area contributed by atoms with Crippen molar-refractivity contribution in [3.8, 4) is 0 Å². The molecular weight excluding hydrogens is 556 g/mol. The summed E-state index contributed by atoms with van der Waals surface area (Å²) >= 11 is 0. The second kappa shape index (κ2) is 12.3. The third-order valence-electron chi connectivity index (χ3n) is 14.3. The number of aliphatic hydroxyl groups is 4. The van der Waals surface area contributed by atoms with Gasteiger partial charge < -0.3 is 34.6 Å². The van der Waals surface area contributed by atoms with E-state index in [0.717, 1.165) is 19.3 Å². The molecule has 3 saturated carbocycles. The molecule has 1 saturated heterocycles. The third-order valence-corrected chi connectivity index (χ3v) is 14.3. The molecule has 4 aliphatic carbocycles. The molecule has 0 unspecified atom stereocenters. The average Bonchev–Trinajstić information content (AvgIpc) is 3.34. The number of rotatable bonds is 8. The molecule has 7 heteroatoms. The summed E-state index contributed by atoms with van der Waals surface area (Å²) in [5.41, 5.74) is 1.07. The van der Waals surface area contributed by atoms with Crippen molar-refractivity contribution in [2.45, 2.75) is 136 Å². The van der Waals surface area contributed by atoms with Crippen molar-refractivity contribution in [2.24, 2.45) is 51.8 Å². The highest BCUT2D eigenvalue weighted by atomic mass is 16.5. The second-order valence-electron chi connectivity index (χ2n) is 16.7. The second-order valence-corrected chi connectivity index (χ2v) is 16.7. The number of aliphatic hydroxyl groups excluding tert-OH is 4. The van der Waals surface area contributed by atoms with Crippen molar-refractivity contribution < 1.29 is 34.6 Å². The predicted octanol–water partition coefficient (Wildman–Crippen LogP) is 5.29. The summed E-state index contributed by atoms with van der Waals surface area (Å²) in [6, 6.07) is 0. The molecule has 1 aliphatic heterocycles. The van der Waals surface area contributed by atoms with E-state index in [1.807, 2.05) is 7.11 Å². The third kappa shape index (κ3) is 5.29. The molecule has 1 heterocycles. The van der Waals surface area contributed by atoms with Crippen LogP contribution in [0.25, 0.3) is 0 Å². The van der Waals surface area contributed by atoms with Crippen LogP contribution < -0.4 is 0 Å². The fourth-order valence-corrected chi connectivity index (χ4v) is 11.3. The largest absolute Gasteiger partial charge is 0.394 e. The minimum atomic E-state index is -1.34. The molecule has 252 valence electrons. The highest BCUT2D eigenvalue weighted by Gasteiger charge is 2.67. The number of methoxy groups -OCH3 is 2. The van der Waals surface area contributed by atoms with Crippen LogP contribution in [0.4, 0.5) is 0 Å². The highest BCUT2D eigenvalue weighted by Crippen LogP contribution is 2.72. The van der Waals surface area contributed by atoms with E-state index in [4.69, 9.17) is 14.2 Å². The number of fused-ring (bicyclic) bond motifs is 5. The number of hydrogen-bond acceptors (Lipinski definition) is 7. The summed E-state index contributed by atoms with van der Waals surface area (Å²) in [5, 5.41) is 41.9. The van der Waals surface area contributed by atoms with Gasteiger partial charge in [0.2, 0.25) is 0 Å². The van der Waals surface area contributed by atoms with Crippen molar-refractivity contribution in [2.75, 3.05) is 20.8 Å². The summed E-state index contributed by atoms with van der Waals surface area (Å²) < 4.78 is 18.2. The molecule has 0 aromatic heterocycles. The van der Waals surface area contributed by atoms with Gasteiger partial charge in [-0.05, 0) is 105 Å². The normalized spacial score (nSPS) is 47.9. The summed E-state index contributed by atoms with van der Waals surface area (Å²) in [7, 11) is 3.65. The molecule has 0 radical (unpaired) electrons. The first-order valence-electron chi connectivity index (χ1n) is 17.4. The van der Waals surface area contributed by atoms with Gasteiger partial charge in [0.25, 0.3) is 0 Å². The lowest BCUT2D eigenvalue weighted by Gasteiger charge is -2.66. The Hall–Kier alpha value is -0.800. The van der Waals surface area contributed by atoms with Crippen LogP contribution >= 0.6 is 0 Å². The maximum absolute atomic E-state index is 11.1. The molecule has 4 fully saturated rings. The van der Waals surface area contributed by atoms with Crippen LogP contribution in [0.15, 0.2) is 23.8 Å². The lowest BCUT2D eigenvalue weighted by Crippen LogP contribution is -2.64. The molecule has 14 atom stereocenters. The van der Waals surface area contributed by atoms with Crippen molar-refractivity contribution >= 4 is 0 Å². The standard InChI is InChI=1S/C37H62O7/c1-21(11-10-17-34(2,3)43-9)22-16-18-36(6)24(22)14-15-25-23-12-13-26(33-32(41)31(40)30(39)28(20-38)44-33)35(4,5)27(23)19-29(42-8)37(25,36)7/h10,17,19,21-26,28-33,38-41H,11-16,18,20H2,1-9H3/b17-10+/t21-,22-,23-,24+,25+,26-,28-,29+,30-,31-,32-,33+,36+,37-/m1/s1. The Morgan fingerprint density at radius 1 is 0.955 bits per heavy atom. The van der Waals surface area contributed by atoms with E-state index in [1.165, 1.54) is 31.3 Å². The van der Waals surface area contributed by atoms with Crippen LogP contribution in [0.1, 0.15) is 93.4 Å². The zero-order valence-corrected chi connectivity index (χ0v) is 28.8. The molecule has 0 spiro atoms. The van der Waals surface area contributed by atoms with Gasteiger partial charge in [0, 0.05) is 19.6 Å². The molecule has 0 aromatic carbocycles. The van der Waals surface area contributed by atoms with E-state index < -0.39 is 37.1 Å². The van der Waals surface area contributed by atoms with E-state index in [2.05, 4.69) is 66.7 Å². The monoisotopic (exact) mass is 618 g/mol. The van der Waals surface area contributed by atoms with Crippen LogP contribution in [0.5, 0.6) is 0 Å². The van der Waals surface area contributed by atoms with Crippen LogP contribution in [0.2, 0.25) is 0 Å². The fourth-order valence-electron chi connectivity index (χ4n) is 11.3. The van der Waals surface area contributed by atoms with Crippen LogP contribution in [0.3, 0.4) is 0 Å². The van der Waals surface area contributed by atoms with Crippen molar-refractivity contribution in [3.63, 3.8) is 0 Å². The topological polar surface area (TPSA) is 109 Å². The van der Waals surface area contributed by atoms with Crippen LogP contribution in [-0.2, 0) is 14.2 Å². The van der Waals surface area contributed by atoms with E-state index in [1.54, 1.807) is 7.11 Å². The zero-order chi connectivity index (χ0) is 32.4. The first-order valence-corrected chi connectivity index (χ1v) is 17.4. The molecule has 0 aromatic rings. The predicted molar refractivity (Wildman–Crippen MR) is 172 cm³/mol. The smallest absolute Gasteiger partial charge is 0.111 e. The summed E-state index contributed by atoms with van der Waals surface area (Å²) in [6.07, 6.45) is 9.49. The molecule has 44 heavy (non-hydrogen) atoms. The minimum Gasteiger partial charge on any atom is -0.394 e. The van der Waals surface area contributed by atoms with Gasteiger partial charge in [-0.15, -0.1) is 0 Å². The Labute approximate surface area is 266 Å². The van der Waals surface area contributed by atoms with Gasteiger partial charge in [0.05, 0.1) is 24.4 Å². The van der Waals surface area contributed by atoms with E-state index in [-0.39, 0.29) is 33.9 Å². The highest BCUT2D eigenvalue weighted by molar-refractivity contribution is 5.32. The Kier molecular flexibility index (Phi) is 9.68. The molecule has 5 rings (SSSR count). The quantitative estimate of drug-likeness (QED) is 0.274. The lowest BCUT2D eigenvalue weighted by molar-refractivity contribution is -0.252. The van der Waals surface area contributed by atoms with E-state index in [9.17, 15) is 20.4 Å². The molecular formula is C37H62O7. The molecule has 7 nitrogen and oxygen atoms in total. The van der Waals surface area contributed by atoms with Crippen molar-refractivity contribution in [3.05, 3.63) is 23.8 Å².